The van der Waals surface area contributed by atoms with Gasteiger partial charge in [-0.2, -0.15) is 0 Å². The van der Waals surface area contributed by atoms with E-state index >= 15 is 0 Å². The van der Waals surface area contributed by atoms with Gasteiger partial charge in [0.25, 0.3) is 0 Å². The fraction of sp³-hybridized carbons (Fsp3) is 0.500. The van der Waals surface area contributed by atoms with Crippen molar-refractivity contribution in [1.82, 2.24) is 5.32 Å². The molecule has 1 N–H and O–H groups in total. The van der Waals surface area contributed by atoms with Gasteiger partial charge in [0.05, 0.1) is 0 Å². The fourth-order valence-electron chi connectivity index (χ4n) is 0.664. The lowest BCUT2D eigenvalue weighted by Crippen LogP contribution is -2.23. The van der Waals surface area contributed by atoms with E-state index in [1.807, 2.05) is 0 Å². The second-order valence-corrected chi connectivity index (χ2v) is 2.23. The third kappa shape index (κ3) is 6.71. The summed E-state index contributed by atoms with van der Waals surface area (Å²) in [6, 6.07) is 0. The minimum Gasteiger partial charge on any atom is -0.355 e. The van der Waals surface area contributed by atoms with Crippen molar-refractivity contribution in [2.75, 3.05) is 6.54 Å². The molecule has 0 fully saturated rings. The molecule has 0 spiro atoms. The lowest BCUT2D eigenvalue weighted by molar-refractivity contribution is -0.120. The van der Waals surface area contributed by atoms with Crippen LogP contribution in [0, 0.1) is 24.2 Å². The number of nitrogens with one attached hydrogen (secondary N) is 1. The van der Waals surface area contributed by atoms with Crippen LogP contribution in [0.1, 0.15) is 26.2 Å². The Morgan fingerprint density at radius 1 is 1.50 bits per heavy atom. The zero-order valence-corrected chi connectivity index (χ0v) is 7.31. The molecule has 0 aromatic heterocycles. The maximum Gasteiger partial charge on any atom is 0.220 e. The van der Waals surface area contributed by atoms with Crippen LogP contribution in [-0.2, 0) is 4.79 Å². The van der Waals surface area contributed by atoms with Gasteiger partial charge in [0.1, 0.15) is 0 Å². The number of hydrogen-bond acceptors (Lipinski definition) is 1. The third-order valence-electron chi connectivity index (χ3n) is 1.25. The molecule has 0 rings (SSSR count). The molecule has 12 heavy (non-hydrogen) atoms. The van der Waals surface area contributed by atoms with Crippen LogP contribution >= 0.6 is 0 Å². The second-order valence-electron chi connectivity index (χ2n) is 2.23. The highest BCUT2D eigenvalue weighted by molar-refractivity contribution is 5.76. The molecule has 1 amide bonds. The molecule has 0 saturated carbocycles. The molecule has 0 unspecified atom stereocenters. The second kappa shape index (κ2) is 7.69. The Labute approximate surface area is 73.7 Å². The summed E-state index contributed by atoms with van der Waals surface area (Å²) in [7, 11) is 0. The highest BCUT2D eigenvalue weighted by Crippen LogP contribution is 1.85. The summed E-state index contributed by atoms with van der Waals surface area (Å²) in [6.45, 7) is 2.39. The van der Waals surface area contributed by atoms with Crippen LogP contribution in [0.3, 0.4) is 0 Å². The average Bonchev–Trinajstić information content (AvgIpc) is 2.09. The van der Waals surface area contributed by atoms with Gasteiger partial charge in [-0.05, 0) is 6.92 Å². The summed E-state index contributed by atoms with van der Waals surface area (Å²) in [6.07, 6.45) is 6.63. The molecule has 0 aliphatic carbocycles. The quantitative estimate of drug-likeness (QED) is 0.485. The zero-order chi connectivity index (χ0) is 9.23. The van der Waals surface area contributed by atoms with Crippen molar-refractivity contribution in [3.05, 3.63) is 0 Å². The van der Waals surface area contributed by atoms with E-state index < -0.39 is 0 Å². The van der Waals surface area contributed by atoms with Gasteiger partial charge in [-0.3, -0.25) is 4.79 Å². The summed E-state index contributed by atoms with van der Waals surface area (Å²) < 4.78 is 0. The van der Waals surface area contributed by atoms with Gasteiger partial charge < -0.3 is 5.32 Å². The predicted molar refractivity (Wildman–Crippen MR) is 49.1 cm³/mol. The molecule has 2 heteroatoms. The molecule has 0 aliphatic rings. The maximum atomic E-state index is 10.9. The van der Waals surface area contributed by atoms with Crippen molar-refractivity contribution in [3.8, 4) is 24.2 Å². The monoisotopic (exact) mass is 163 g/mol. The lowest BCUT2D eigenvalue weighted by atomic mass is 10.3. The number of hydrogen-bond donors (Lipinski definition) is 1. The third-order valence-corrected chi connectivity index (χ3v) is 1.25. The normalized spacial score (nSPS) is 7.67. The number of carbonyl (C=O) groups is 1. The Morgan fingerprint density at radius 3 is 2.83 bits per heavy atom. The molecule has 0 aromatic carbocycles. The summed E-state index contributed by atoms with van der Waals surface area (Å²) in [5.74, 6) is 8.02. The van der Waals surface area contributed by atoms with Gasteiger partial charge in [0.15, 0.2) is 0 Å². The molecule has 64 valence electrons. The minimum atomic E-state index is 0.00542. The van der Waals surface area contributed by atoms with Gasteiger partial charge in [0, 0.05) is 25.8 Å². The average molecular weight is 163 g/mol. The van der Waals surface area contributed by atoms with E-state index in [-0.39, 0.29) is 5.91 Å². The van der Waals surface area contributed by atoms with Crippen LogP contribution in [0.25, 0.3) is 0 Å². The molecule has 2 nitrogen and oxygen atoms in total. The number of terminal acetylenes is 1. The van der Waals surface area contributed by atoms with Crippen LogP contribution in [-0.4, -0.2) is 12.5 Å². The summed E-state index contributed by atoms with van der Waals surface area (Å²) in [5.41, 5.74) is 0. The standard InChI is InChI=1S/C10H13NO/c1-3-5-7-9-11-10(12)8-6-4-2/h2H,6-9H2,1H3,(H,11,12). The molecular formula is C10H13NO. The Bertz CT molecular complexity index is 226. The molecular weight excluding hydrogens is 150 g/mol. The van der Waals surface area contributed by atoms with E-state index in [0.29, 0.717) is 25.8 Å². The summed E-state index contributed by atoms with van der Waals surface area (Å²) in [4.78, 5) is 10.9. The van der Waals surface area contributed by atoms with E-state index in [1.54, 1.807) is 6.92 Å². The van der Waals surface area contributed by atoms with Crippen LogP contribution < -0.4 is 5.32 Å². The fourth-order valence-corrected chi connectivity index (χ4v) is 0.664. The zero-order valence-electron chi connectivity index (χ0n) is 7.31. The van der Waals surface area contributed by atoms with Gasteiger partial charge in [-0.1, -0.05) is 0 Å². The van der Waals surface area contributed by atoms with Gasteiger partial charge >= 0.3 is 0 Å². The Hall–Kier alpha value is -1.41. The first-order valence-electron chi connectivity index (χ1n) is 3.91. The van der Waals surface area contributed by atoms with Crippen LogP contribution in [0.4, 0.5) is 0 Å². The first-order valence-corrected chi connectivity index (χ1v) is 3.91. The summed E-state index contributed by atoms with van der Waals surface area (Å²) >= 11 is 0. The SMILES string of the molecule is C#CCCC(=O)NCCC#CC. The maximum absolute atomic E-state index is 10.9. The first kappa shape index (κ1) is 10.6. The van der Waals surface area contributed by atoms with Crippen molar-refractivity contribution in [1.29, 1.82) is 0 Å². The van der Waals surface area contributed by atoms with Crippen molar-refractivity contribution in [3.63, 3.8) is 0 Å². The predicted octanol–water partition coefficient (Wildman–Crippen LogP) is 0.929. The van der Waals surface area contributed by atoms with E-state index in [0.717, 1.165) is 0 Å². The van der Waals surface area contributed by atoms with Crippen molar-refractivity contribution < 1.29 is 4.79 Å². The molecule has 0 bridgehead atoms. The first-order chi connectivity index (χ1) is 5.81. The number of rotatable bonds is 4. The smallest absolute Gasteiger partial charge is 0.220 e. The highest BCUT2D eigenvalue weighted by Gasteiger charge is 1.96. The Balaban J connectivity index is 3.31. The van der Waals surface area contributed by atoms with Gasteiger partial charge in [0.2, 0.25) is 5.91 Å². The Morgan fingerprint density at radius 2 is 2.25 bits per heavy atom. The number of amides is 1. The molecule has 0 aromatic rings. The van der Waals surface area contributed by atoms with Crippen molar-refractivity contribution in [2.24, 2.45) is 0 Å². The molecule has 0 atom stereocenters. The summed E-state index contributed by atoms with van der Waals surface area (Å²) in [5, 5.41) is 2.72. The molecule has 0 radical (unpaired) electrons. The highest BCUT2D eigenvalue weighted by atomic mass is 16.1. The Kier molecular flexibility index (Phi) is 6.79. The van der Waals surface area contributed by atoms with E-state index in [4.69, 9.17) is 6.42 Å². The lowest BCUT2D eigenvalue weighted by Gasteiger charge is -1.99. The number of carbonyl (C=O) groups excluding carboxylic acids is 1. The van der Waals surface area contributed by atoms with Gasteiger partial charge in [-0.25, -0.2) is 0 Å². The molecule has 0 saturated heterocycles. The molecule has 0 aliphatic heterocycles. The van der Waals surface area contributed by atoms with E-state index in [1.165, 1.54) is 0 Å². The van der Waals surface area contributed by atoms with Gasteiger partial charge in [-0.15, -0.1) is 24.2 Å². The van der Waals surface area contributed by atoms with Crippen molar-refractivity contribution in [2.45, 2.75) is 26.2 Å². The minimum absolute atomic E-state index is 0.00542. The van der Waals surface area contributed by atoms with Crippen molar-refractivity contribution >= 4 is 5.91 Å². The van der Waals surface area contributed by atoms with E-state index in [2.05, 4.69) is 23.1 Å². The van der Waals surface area contributed by atoms with Crippen LogP contribution in [0.2, 0.25) is 0 Å². The molecule has 0 heterocycles. The van der Waals surface area contributed by atoms with E-state index in [9.17, 15) is 4.79 Å². The van der Waals surface area contributed by atoms with Crippen LogP contribution in [0.5, 0.6) is 0 Å². The van der Waals surface area contributed by atoms with Crippen LogP contribution in [0.15, 0.2) is 0 Å². The topological polar surface area (TPSA) is 29.1 Å². The largest absolute Gasteiger partial charge is 0.355 e.